The second-order valence-electron chi connectivity index (χ2n) is 4.38. The number of rotatable bonds is 5. The molecule has 0 amide bonds. The van der Waals surface area contributed by atoms with Gasteiger partial charge in [0.05, 0.1) is 5.39 Å². The summed E-state index contributed by atoms with van der Waals surface area (Å²) < 4.78 is 5.72. The van der Waals surface area contributed by atoms with Crippen LogP contribution in [0.5, 0.6) is 0 Å². The minimum atomic E-state index is 0.0670. The van der Waals surface area contributed by atoms with Crippen molar-refractivity contribution in [1.29, 1.82) is 0 Å². The van der Waals surface area contributed by atoms with Gasteiger partial charge in [0.15, 0.2) is 5.43 Å². The van der Waals surface area contributed by atoms with E-state index in [1.807, 2.05) is 24.3 Å². The second kappa shape index (κ2) is 5.67. The van der Waals surface area contributed by atoms with Crippen LogP contribution in [0.1, 0.15) is 38.4 Å². The fourth-order valence-electron chi connectivity index (χ4n) is 2.00. The maximum absolute atomic E-state index is 11.8. The zero-order valence-electron chi connectivity index (χ0n) is 10.2. The van der Waals surface area contributed by atoms with Crippen LogP contribution in [-0.4, -0.2) is 0 Å². The van der Waals surface area contributed by atoms with Crippen LogP contribution < -0.4 is 5.43 Å². The lowest BCUT2D eigenvalue weighted by Gasteiger charge is -2.02. The van der Waals surface area contributed by atoms with E-state index in [-0.39, 0.29) is 5.43 Å². The minimum absolute atomic E-state index is 0.0670. The van der Waals surface area contributed by atoms with Crippen LogP contribution in [0, 0.1) is 0 Å². The molecule has 0 saturated heterocycles. The summed E-state index contributed by atoms with van der Waals surface area (Å²) in [7, 11) is 0. The molecule has 2 nitrogen and oxygen atoms in total. The fourth-order valence-corrected chi connectivity index (χ4v) is 2.00. The van der Waals surface area contributed by atoms with E-state index in [1.54, 1.807) is 6.07 Å². The molecule has 0 fully saturated rings. The normalized spacial score (nSPS) is 10.9. The summed E-state index contributed by atoms with van der Waals surface area (Å²) in [5.41, 5.74) is 0.767. The first-order chi connectivity index (χ1) is 8.31. The van der Waals surface area contributed by atoms with Crippen LogP contribution in [0.25, 0.3) is 11.0 Å². The Bertz CT molecular complexity index is 540. The molecule has 17 heavy (non-hydrogen) atoms. The zero-order valence-corrected chi connectivity index (χ0v) is 10.2. The second-order valence-corrected chi connectivity index (χ2v) is 4.38. The lowest BCUT2D eigenvalue weighted by atomic mass is 10.1. The molecule has 0 bridgehead atoms. The predicted octanol–water partition coefficient (Wildman–Crippen LogP) is 3.92. The summed E-state index contributed by atoms with van der Waals surface area (Å²) in [6.07, 6.45) is 5.63. The van der Waals surface area contributed by atoms with E-state index in [0.717, 1.165) is 18.6 Å². The molecule has 0 aliphatic carbocycles. The highest BCUT2D eigenvalue weighted by molar-refractivity contribution is 5.76. The number of para-hydroxylation sites is 1. The minimum Gasteiger partial charge on any atom is -0.461 e. The van der Waals surface area contributed by atoms with E-state index in [0.29, 0.717) is 11.0 Å². The van der Waals surface area contributed by atoms with Crippen LogP contribution in [0.2, 0.25) is 0 Å². The first-order valence-corrected chi connectivity index (χ1v) is 6.33. The van der Waals surface area contributed by atoms with Gasteiger partial charge < -0.3 is 4.42 Å². The van der Waals surface area contributed by atoms with E-state index in [1.165, 1.54) is 19.3 Å². The van der Waals surface area contributed by atoms with Gasteiger partial charge in [0.1, 0.15) is 11.3 Å². The number of benzene rings is 1. The van der Waals surface area contributed by atoms with Gasteiger partial charge in [-0.15, -0.1) is 0 Å². The molecular formula is C15H18O2. The Labute approximate surface area is 101 Å². The Morgan fingerprint density at radius 2 is 1.94 bits per heavy atom. The average Bonchev–Trinajstić information content (AvgIpc) is 2.35. The highest BCUT2D eigenvalue weighted by Crippen LogP contribution is 2.13. The number of fused-ring (bicyclic) bond motifs is 1. The van der Waals surface area contributed by atoms with Crippen LogP contribution in [-0.2, 0) is 6.42 Å². The first kappa shape index (κ1) is 11.9. The summed E-state index contributed by atoms with van der Waals surface area (Å²) in [5, 5.41) is 0.671. The Morgan fingerprint density at radius 3 is 2.76 bits per heavy atom. The maximum atomic E-state index is 11.8. The molecule has 2 rings (SSSR count). The van der Waals surface area contributed by atoms with Crippen LogP contribution in [0.4, 0.5) is 0 Å². The Balaban J connectivity index is 2.16. The SMILES string of the molecule is CCCCCCc1cc(=O)c2ccccc2o1. The molecule has 0 spiro atoms. The molecule has 90 valence electrons. The molecule has 2 aromatic rings. The first-order valence-electron chi connectivity index (χ1n) is 6.33. The average molecular weight is 230 g/mol. The number of unbranched alkanes of at least 4 members (excludes halogenated alkanes) is 3. The summed E-state index contributed by atoms with van der Waals surface area (Å²) >= 11 is 0. The Kier molecular flexibility index (Phi) is 3.97. The molecule has 1 aromatic carbocycles. The summed E-state index contributed by atoms with van der Waals surface area (Å²) in [4.78, 5) is 11.8. The quantitative estimate of drug-likeness (QED) is 0.729. The Morgan fingerprint density at radius 1 is 1.12 bits per heavy atom. The molecule has 1 aromatic heterocycles. The van der Waals surface area contributed by atoms with Gasteiger partial charge in [0.25, 0.3) is 0 Å². The third kappa shape index (κ3) is 2.96. The largest absolute Gasteiger partial charge is 0.461 e. The van der Waals surface area contributed by atoms with Crippen molar-refractivity contribution in [3.63, 3.8) is 0 Å². The van der Waals surface area contributed by atoms with Crippen molar-refractivity contribution in [3.05, 3.63) is 46.3 Å². The van der Waals surface area contributed by atoms with Crippen LogP contribution >= 0.6 is 0 Å². The van der Waals surface area contributed by atoms with Crippen molar-refractivity contribution in [2.75, 3.05) is 0 Å². The van der Waals surface area contributed by atoms with Gasteiger partial charge >= 0.3 is 0 Å². The van der Waals surface area contributed by atoms with Crippen LogP contribution in [0.3, 0.4) is 0 Å². The van der Waals surface area contributed by atoms with Gasteiger partial charge in [-0.05, 0) is 18.6 Å². The van der Waals surface area contributed by atoms with Crippen LogP contribution in [0.15, 0.2) is 39.5 Å². The lowest BCUT2D eigenvalue weighted by molar-refractivity contribution is 0.516. The Hall–Kier alpha value is -1.57. The zero-order chi connectivity index (χ0) is 12.1. The molecule has 0 aliphatic rings. The molecule has 0 radical (unpaired) electrons. The third-order valence-electron chi connectivity index (χ3n) is 2.96. The highest BCUT2D eigenvalue weighted by Gasteiger charge is 2.03. The molecule has 2 heteroatoms. The van der Waals surface area contributed by atoms with E-state index in [2.05, 4.69) is 6.92 Å². The molecule has 0 atom stereocenters. The summed E-state index contributed by atoms with van der Waals surface area (Å²) in [6.45, 7) is 2.19. The van der Waals surface area contributed by atoms with Gasteiger partial charge in [-0.2, -0.15) is 0 Å². The van der Waals surface area contributed by atoms with Crippen molar-refractivity contribution in [2.24, 2.45) is 0 Å². The third-order valence-corrected chi connectivity index (χ3v) is 2.96. The lowest BCUT2D eigenvalue weighted by Crippen LogP contribution is -2.02. The monoisotopic (exact) mass is 230 g/mol. The van der Waals surface area contributed by atoms with Crippen molar-refractivity contribution in [1.82, 2.24) is 0 Å². The maximum Gasteiger partial charge on any atom is 0.192 e. The number of hydrogen-bond donors (Lipinski definition) is 0. The standard InChI is InChI=1S/C15H18O2/c1-2-3-4-5-8-12-11-14(16)13-9-6-7-10-15(13)17-12/h6-7,9-11H,2-5,8H2,1H3. The highest BCUT2D eigenvalue weighted by atomic mass is 16.3. The topological polar surface area (TPSA) is 30.2 Å². The summed E-state index contributed by atoms with van der Waals surface area (Å²) in [5.74, 6) is 0.810. The van der Waals surface area contributed by atoms with Gasteiger partial charge in [-0.3, -0.25) is 4.79 Å². The molecule has 1 heterocycles. The molecular weight excluding hydrogens is 212 g/mol. The van der Waals surface area contributed by atoms with Crippen molar-refractivity contribution in [2.45, 2.75) is 39.0 Å². The van der Waals surface area contributed by atoms with E-state index < -0.39 is 0 Å². The van der Waals surface area contributed by atoms with Crippen molar-refractivity contribution < 1.29 is 4.42 Å². The predicted molar refractivity (Wildman–Crippen MR) is 70.3 cm³/mol. The van der Waals surface area contributed by atoms with Gasteiger partial charge in [0.2, 0.25) is 0 Å². The van der Waals surface area contributed by atoms with Gasteiger partial charge in [-0.25, -0.2) is 0 Å². The number of aryl methyl sites for hydroxylation is 1. The number of hydrogen-bond acceptors (Lipinski definition) is 2. The van der Waals surface area contributed by atoms with E-state index in [4.69, 9.17) is 4.42 Å². The molecule has 0 aliphatic heterocycles. The smallest absolute Gasteiger partial charge is 0.192 e. The van der Waals surface area contributed by atoms with Gasteiger partial charge in [-0.1, -0.05) is 38.3 Å². The molecule has 0 N–H and O–H groups in total. The van der Waals surface area contributed by atoms with Crippen molar-refractivity contribution >= 4 is 11.0 Å². The summed E-state index contributed by atoms with van der Waals surface area (Å²) in [6, 6.07) is 9.05. The molecule has 0 unspecified atom stereocenters. The molecule has 0 saturated carbocycles. The van der Waals surface area contributed by atoms with E-state index in [9.17, 15) is 4.79 Å². The van der Waals surface area contributed by atoms with Crippen molar-refractivity contribution in [3.8, 4) is 0 Å². The fraction of sp³-hybridized carbons (Fsp3) is 0.400. The van der Waals surface area contributed by atoms with E-state index >= 15 is 0 Å². The van der Waals surface area contributed by atoms with Gasteiger partial charge in [0, 0.05) is 12.5 Å².